The Morgan fingerprint density at radius 3 is 2.50 bits per heavy atom. The Morgan fingerprint density at radius 1 is 1.21 bits per heavy atom. The van der Waals surface area contributed by atoms with Crippen LogP contribution in [0.4, 0.5) is 10.8 Å². The van der Waals surface area contributed by atoms with Crippen molar-refractivity contribution in [1.29, 1.82) is 0 Å². The number of methoxy groups -OCH3 is 3. The van der Waals surface area contributed by atoms with Crippen molar-refractivity contribution in [3.05, 3.63) is 40.2 Å². The number of hydrogen-bond donors (Lipinski definition) is 1. The highest BCUT2D eigenvalue weighted by molar-refractivity contribution is 7.17. The minimum absolute atomic E-state index is 0.0141. The molecule has 1 fully saturated rings. The lowest BCUT2D eigenvalue weighted by atomic mass is 10.2. The largest absolute Gasteiger partial charge is 0.488 e. The molecule has 1 amide bonds. The molecule has 0 bridgehead atoms. The SMILES string of the molecule is COC[C@@H]1CC[C@@H](COC)N1c1cc(C(=O)Nc2nnc(-n3nccc3C)s2)oc(=O)c1OC. The monoisotopic (exact) mass is 490 g/mol. The molecule has 1 aliphatic heterocycles. The van der Waals surface area contributed by atoms with Crippen molar-refractivity contribution >= 4 is 28.1 Å². The van der Waals surface area contributed by atoms with Crippen LogP contribution in [0.2, 0.25) is 0 Å². The van der Waals surface area contributed by atoms with Crippen molar-refractivity contribution in [2.24, 2.45) is 0 Å². The molecule has 3 aromatic heterocycles. The molecule has 4 heterocycles. The molecule has 0 aliphatic carbocycles. The Balaban J connectivity index is 1.64. The molecule has 1 aliphatic rings. The summed E-state index contributed by atoms with van der Waals surface area (Å²) in [7, 11) is 4.64. The minimum atomic E-state index is -0.755. The lowest BCUT2D eigenvalue weighted by Gasteiger charge is -2.32. The van der Waals surface area contributed by atoms with Crippen molar-refractivity contribution in [1.82, 2.24) is 20.0 Å². The van der Waals surface area contributed by atoms with Crippen LogP contribution in [-0.4, -0.2) is 72.5 Å². The van der Waals surface area contributed by atoms with Gasteiger partial charge in [0.1, 0.15) is 0 Å². The number of hydrogen-bond acceptors (Lipinski definition) is 11. The van der Waals surface area contributed by atoms with E-state index in [2.05, 4.69) is 20.6 Å². The molecule has 34 heavy (non-hydrogen) atoms. The van der Waals surface area contributed by atoms with Crippen LogP contribution in [0.25, 0.3) is 5.13 Å². The first kappa shape index (κ1) is 23.9. The maximum absolute atomic E-state index is 13.0. The Kier molecular flexibility index (Phi) is 7.24. The molecule has 4 rings (SSSR count). The van der Waals surface area contributed by atoms with Crippen LogP contribution in [0.15, 0.2) is 27.5 Å². The molecule has 0 aromatic carbocycles. The summed E-state index contributed by atoms with van der Waals surface area (Å²) in [5, 5.41) is 15.6. The maximum Gasteiger partial charge on any atom is 0.381 e. The van der Waals surface area contributed by atoms with Crippen LogP contribution >= 0.6 is 11.3 Å². The van der Waals surface area contributed by atoms with E-state index in [1.807, 2.05) is 17.9 Å². The van der Waals surface area contributed by atoms with E-state index >= 15 is 0 Å². The number of nitrogens with zero attached hydrogens (tertiary/aromatic N) is 5. The summed E-state index contributed by atoms with van der Waals surface area (Å²) in [6, 6.07) is 3.31. The van der Waals surface area contributed by atoms with Gasteiger partial charge in [-0.2, -0.15) is 5.10 Å². The first-order valence-corrected chi connectivity index (χ1v) is 11.4. The second-order valence-electron chi connectivity index (χ2n) is 7.75. The van der Waals surface area contributed by atoms with Crippen LogP contribution in [0, 0.1) is 6.92 Å². The highest BCUT2D eigenvalue weighted by Gasteiger charge is 2.37. The fourth-order valence-electron chi connectivity index (χ4n) is 4.11. The van der Waals surface area contributed by atoms with Gasteiger partial charge >= 0.3 is 5.63 Å². The quantitative estimate of drug-likeness (QED) is 0.474. The summed E-state index contributed by atoms with van der Waals surface area (Å²) >= 11 is 1.14. The van der Waals surface area contributed by atoms with E-state index < -0.39 is 11.5 Å². The van der Waals surface area contributed by atoms with Gasteiger partial charge in [0.15, 0.2) is 5.76 Å². The molecule has 1 N–H and O–H groups in total. The standard InChI is InChI=1S/C21H26N6O6S/c1-12-7-8-22-27(12)21-25-24-20(34-21)23-18(28)16-9-15(17(32-4)19(29)33-16)26-13(10-30-2)5-6-14(26)11-31-3/h7-9,13-14H,5-6,10-11H2,1-4H3,(H,23,24,28)/t13-,14-/m0/s1. The van der Waals surface area contributed by atoms with Gasteiger partial charge in [0.2, 0.25) is 16.0 Å². The van der Waals surface area contributed by atoms with E-state index in [9.17, 15) is 9.59 Å². The molecule has 13 heteroatoms. The molecule has 3 aromatic rings. The molecule has 0 spiro atoms. The number of anilines is 2. The molecular weight excluding hydrogens is 464 g/mol. The second kappa shape index (κ2) is 10.3. The highest BCUT2D eigenvalue weighted by atomic mass is 32.1. The highest BCUT2D eigenvalue weighted by Crippen LogP contribution is 2.36. The van der Waals surface area contributed by atoms with E-state index in [4.69, 9.17) is 18.6 Å². The third-order valence-electron chi connectivity index (χ3n) is 5.58. The summed E-state index contributed by atoms with van der Waals surface area (Å²) in [5.74, 6) is -0.785. The van der Waals surface area contributed by atoms with Gasteiger partial charge in [-0.3, -0.25) is 10.1 Å². The van der Waals surface area contributed by atoms with Crippen LogP contribution < -0.4 is 20.6 Å². The van der Waals surface area contributed by atoms with Crippen molar-refractivity contribution in [2.45, 2.75) is 31.8 Å². The Bertz CT molecular complexity index is 1190. The minimum Gasteiger partial charge on any atom is -0.488 e. The van der Waals surface area contributed by atoms with E-state index in [0.29, 0.717) is 24.0 Å². The van der Waals surface area contributed by atoms with Crippen molar-refractivity contribution in [2.75, 3.05) is 44.8 Å². The molecule has 2 atom stereocenters. The number of nitrogens with one attached hydrogen (secondary N) is 1. The van der Waals surface area contributed by atoms with Crippen molar-refractivity contribution in [3.8, 4) is 10.9 Å². The van der Waals surface area contributed by atoms with Crippen LogP contribution in [-0.2, 0) is 9.47 Å². The second-order valence-corrected chi connectivity index (χ2v) is 8.70. The molecule has 0 saturated carbocycles. The van der Waals surface area contributed by atoms with Crippen LogP contribution in [0.1, 0.15) is 29.1 Å². The first-order chi connectivity index (χ1) is 16.5. The summed E-state index contributed by atoms with van der Waals surface area (Å²) in [6.07, 6.45) is 3.33. The number of amides is 1. The van der Waals surface area contributed by atoms with E-state index in [1.165, 1.54) is 13.2 Å². The number of carbonyl (C=O) groups excluding carboxylic acids is 1. The van der Waals surface area contributed by atoms with E-state index in [1.54, 1.807) is 25.1 Å². The van der Waals surface area contributed by atoms with E-state index in [-0.39, 0.29) is 28.7 Å². The third kappa shape index (κ3) is 4.67. The van der Waals surface area contributed by atoms with Crippen LogP contribution in [0.3, 0.4) is 0 Å². The van der Waals surface area contributed by atoms with Gasteiger partial charge in [-0.1, -0.05) is 11.3 Å². The molecular formula is C21H26N6O6S. The molecule has 182 valence electrons. The number of carbonyl (C=O) groups is 1. The fourth-order valence-corrected chi connectivity index (χ4v) is 4.87. The third-order valence-corrected chi connectivity index (χ3v) is 6.39. The van der Waals surface area contributed by atoms with Crippen LogP contribution in [0.5, 0.6) is 5.75 Å². The predicted octanol–water partition coefficient (Wildman–Crippen LogP) is 1.88. The Labute approximate surface area is 199 Å². The van der Waals surface area contributed by atoms with Gasteiger partial charge in [-0.15, -0.1) is 10.2 Å². The molecule has 0 unspecified atom stereocenters. The predicted molar refractivity (Wildman–Crippen MR) is 124 cm³/mol. The van der Waals surface area contributed by atoms with Gasteiger partial charge in [0.25, 0.3) is 5.91 Å². The molecule has 0 radical (unpaired) electrons. The molecule has 1 saturated heterocycles. The van der Waals surface area contributed by atoms with Gasteiger partial charge in [-0.25, -0.2) is 9.48 Å². The number of aryl methyl sites for hydroxylation is 1. The Hall–Kier alpha value is -3.29. The van der Waals surface area contributed by atoms with Crippen molar-refractivity contribution < 1.29 is 23.4 Å². The number of ether oxygens (including phenoxy) is 3. The van der Waals surface area contributed by atoms with Gasteiger partial charge in [0.05, 0.1) is 38.1 Å². The Morgan fingerprint density at radius 2 is 1.91 bits per heavy atom. The van der Waals surface area contributed by atoms with E-state index in [0.717, 1.165) is 29.9 Å². The number of aromatic nitrogens is 4. The zero-order valence-corrected chi connectivity index (χ0v) is 20.1. The lowest BCUT2D eigenvalue weighted by molar-refractivity contribution is 0.0991. The first-order valence-electron chi connectivity index (χ1n) is 10.6. The molecule has 12 nitrogen and oxygen atoms in total. The van der Waals surface area contributed by atoms with Gasteiger partial charge < -0.3 is 23.5 Å². The normalized spacial score (nSPS) is 17.8. The smallest absolute Gasteiger partial charge is 0.381 e. The average Bonchev–Trinajstić information content (AvgIpc) is 3.54. The number of rotatable bonds is 9. The topological polar surface area (TPSA) is 134 Å². The fraction of sp³-hybridized carbons (Fsp3) is 0.476. The zero-order valence-electron chi connectivity index (χ0n) is 19.3. The van der Waals surface area contributed by atoms with Gasteiger partial charge in [-0.05, 0) is 25.8 Å². The average molecular weight is 491 g/mol. The summed E-state index contributed by atoms with van der Waals surface area (Å²) in [5.41, 5.74) is 0.576. The zero-order chi connectivity index (χ0) is 24.2. The summed E-state index contributed by atoms with van der Waals surface area (Å²) in [4.78, 5) is 27.7. The lowest BCUT2D eigenvalue weighted by Crippen LogP contribution is -2.41. The summed E-state index contributed by atoms with van der Waals surface area (Å²) in [6.45, 7) is 2.78. The maximum atomic E-state index is 13.0. The van der Waals surface area contributed by atoms with Crippen molar-refractivity contribution in [3.63, 3.8) is 0 Å². The van der Waals surface area contributed by atoms with Gasteiger partial charge in [0, 0.05) is 32.2 Å². The summed E-state index contributed by atoms with van der Waals surface area (Å²) < 4.78 is 23.0.